The van der Waals surface area contributed by atoms with Gasteiger partial charge in [0.15, 0.2) is 0 Å². The van der Waals surface area contributed by atoms with Crippen molar-refractivity contribution in [2.24, 2.45) is 7.05 Å². The number of phenols is 1. The Morgan fingerprint density at radius 2 is 1.94 bits per heavy atom. The van der Waals surface area contributed by atoms with E-state index in [1.807, 2.05) is 13.1 Å². The van der Waals surface area contributed by atoms with E-state index in [0.29, 0.717) is 5.75 Å². The number of likely N-dealkylation sites (N-methyl/N-ethyl adjacent to an activating group) is 1. The first kappa shape index (κ1) is 13.0. The number of rotatable bonds is 5. The smallest absolute Gasteiger partial charge is 0.125 e. The lowest BCUT2D eigenvalue weighted by Gasteiger charge is -2.17. The SMILES string of the molecule is CCN(CC)CCc1cn(C)c2cccc(O)c12. The van der Waals surface area contributed by atoms with Crippen LogP contribution in [-0.2, 0) is 13.5 Å². The predicted octanol–water partition coefficient (Wildman–Crippen LogP) is 2.77. The maximum atomic E-state index is 10.0. The van der Waals surface area contributed by atoms with Gasteiger partial charge in [0, 0.05) is 25.2 Å². The number of phenolic OH excluding ortho intramolecular Hbond substituents is 1. The molecule has 0 aliphatic heterocycles. The Morgan fingerprint density at radius 1 is 1.22 bits per heavy atom. The molecule has 3 heteroatoms. The third-order valence-electron chi connectivity index (χ3n) is 3.66. The zero-order valence-electron chi connectivity index (χ0n) is 11.5. The van der Waals surface area contributed by atoms with E-state index in [1.165, 1.54) is 5.56 Å². The minimum atomic E-state index is 0.391. The summed E-state index contributed by atoms with van der Waals surface area (Å²) < 4.78 is 2.09. The van der Waals surface area contributed by atoms with Crippen LogP contribution in [0.5, 0.6) is 5.75 Å². The molecule has 3 nitrogen and oxygen atoms in total. The molecule has 0 aliphatic rings. The fraction of sp³-hybridized carbons (Fsp3) is 0.467. The molecule has 0 unspecified atom stereocenters. The van der Waals surface area contributed by atoms with Crippen molar-refractivity contribution in [3.63, 3.8) is 0 Å². The molecule has 0 spiro atoms. The van der Waals surface area contributed by atoms with Crippen LogP contribution in [0.25, 0.3) is 10.9 Å². The third-order valence-corrected chi connectivity index (χ3v) is 3.66. The van der Waals surface area contributed by atoms with Crippen molar-refractivity contribution in [3.8, 4) is 5.75 Å². The number of hydrogen-bond acceptors (Lipinski definition) is 2. The number of hydrogen-bond donors (Lipinski definition) is 1. The summed E-state index contributed by atoms with van der Waals surface area (Å²) in [7, 11) is 2.03. The molecule has 2 rings (SSSR count). The maximum absolute atomic E-state index is 10.0. The Kier molecular flexibility index (Phi) is 3.92. The highest BCUT2D eigenvalue weighted by molar-refractivity contribution is 5.89. The highest BCUT2D eigenvalue weighted by Gasteiger charge is 2.11. The number of benzene rings is 1. The van der Waals surface area contributed by atoms with Gasteiger partial charge in [-0.2, -0.15) is 0 Å². The van der Waals surface area contributed by atoms with E-state index < -0.39 is 0 Å². The van der Waals surface area contributed by atoms with Crippen LogP contribution in [0.15, 0.2) is 24.4 Å². The van der Waals surface area contributed by atoms with Gasteiger partial charge in [-0.25, -0.2) is 0 Å². The predicted molar refractivity (Wildman–Crippen MR) is 76.1 cm³/mol. The van der Waals surface area contributed by atoms with Gasteiger partial charge in [-0.1, -0.05) is 19.9 Å². The van der Waals surface area contributed by atoms with E-state index in [-0.39, 0.29) is 0 Å². The molecule has 98 valence electrons. The second kappa shape index (κ2) is 5.44. The van der Waals surface area contributed by atoms with E-state index in [4.69, 9.17) is 0 Å². The zero-order chi connectivity index (χ0) is 13.1. The number of aromatic hydroxyl groups is 1. The summed E-state index contributed by atoms with van der Waals surface area (Å²) in [6.45, 7) is 7.56. The van der Waals surface area contributed by atoms with Gasteiger partial charge in [0.2, 0.25) is 0 Å². The van der Waals surface area contributed by atoms with Crippen molar-refractivity contribution in [2.45, 2.75) is 20.3 Å². The van der Waals surface area contributed by atoms with Crippen molar-refractivity contribution in [1.82, 2.24) is 9.47 Å². The van der Waals surface area contributed by atoms with Crippen LogP contribution in [-0.4, -0.2) is 34.2 Å². The molecule has 0 amide bonds. The van der Waals surface area contributed by atoms with Crippen molar-refractivity contribution in [1.29, 1.82) is 0 Å². The van der Waals surface area contributed by atoms with Gasteiger partial charge >= 0.3 is 0 Å². The van der Waals surface area contributed by atoms with Crippen molar-refractivity contribution < 1.29 is 5.11 Å². The molecule has 18 heavy (non-hydrogen) atoms. The molecule has 1 N–H and O–H groups in total. The van der Waals surface area contributed by atoms with Crippen LogP contribution in [0.3, 0.4) is 0 Å². The van der Waals surface area contributed by atoms with Gasteiger partial charge in [0.25, 0.3) is 0 Å². The quantitative estimate of drug-likeness (QED) is 0.878. The molecule has 0 saturated carbocycles. The summed E-state index contributed by atoms with van der Waals surface area (Å²) in [6.07, 6.45) is 3.12. The van der Waals surface area contributed by atoms with Crippen LogP contribution < -0.4 is 0 Å². The first-order chi connectivity index (χ1) is 8.67. The molecule has 1 heterocycles. The zero-order valence-corrected chi connectivity index (χ0v) is 11.5. The van der Waals surface area contributed by atoms with Gasteiger partial charge in [-0.15, -0.1) is 0 Å². The van der Waals surface area contributed by atoms with E-state index in [2.05, 4.69) is 35.6 Å². The largest absolute Gasteiger partial charge is 0.507 e. The molecule has 2 aromatic rings. The van der Waals surface area contributed by atoms with Crippen LogP contribution in [0, 0.1) is 0 Å². The van der Waals surface area contributed by atoms with E-state index in [9.17, 15) is 5.11 Å². The molecule has 0 fully saturated rings. The van der Waals surface area contributed by atoms with Gasteiger partial charge in [0.1, 0.15) is 5.75 Å². The van der Waals surface area contributed by atoms with Crippen LogP contribution in [0.4, 0.5) is 0 Å². The molecular formula is C15H22N2O. The molecule has 0 aliphatic carbocycles. The minimum absolute atomic E-state index is 0.391. The number of fused-ring (bicyclic) bond motifs is 1. The second-order valence-corrected chi connectivity index (χ2v) is 4.71. The fourth-order valence-corrected chi connectivity index (χ4v) is 2.53. The lowest BCUT2D eigenvalue weighted by atomic mass is 10.1. The summed E-state index contributed by atoms with van der Waals surface area (Å²) in [5.41, 5.74) is 2.34. The van der Waals surface area contributed by atoms with E-state index in [1.54, 1.807) is 6.07 Å². The lowest BCUT2D eigenvalue weighted by molar-refractivity contribution is 0.308. The molecule has 0 radical (unpaired) electrons. The monoisotopic (exact) mass is 246 g/mol. The van der Waals surface area contributed by atoms with Crippen molar-refractivity contribution in [2.75, 3.05) is 19.6 Å². The fourth-order valence-electron chi connectivity index (χ4n) is 2.53. The average Bonchev–Trinajstić information content (AvgIpc) is 2.69. The Morgan fingerprint density at radius 3 is 2.61 bits per heavy atom. The van der Waals surface area contributed by atoms with Crippen LogP contribution >= 0.6 is 0 Å². The lowest BCUT2D eigenvalue weighted by Crippen LogP contribution is -2.25. The minimum Gasteiger partial charge on any atom is -0.507 e. The van der Waals surface area contributed by atoms with Crippen LogP contribution in [0.1, 0.15) is 19.4 Å². The number of aryl methyl sites for hydroxylation is 1. The van der Waals surface area contributed by atoms with E-state index >= 15 is 0 Å². The molecule has 0 bridgehead atoms. The Hall–Kier alpha value is -1.48. The molecule has 1 aromatic heterocycles. The Labute approximate surface area is 109 Å². The highest BCUT2D eigenvalue weighted by atomic mass is 16.3. The van der Waals surface area contributed by atoms with Crippen LogP contribution in [0.2, 0.25) is 0 Å². The topological polar surface area (TPSA) is 28.4 Å². The first-order valence-corrected chi connectivity index (χ1v) is 6.65. The molecule has 1 aromatic carbocycles. The Bertz CT molecular complexity index is 527. The Balaban J connectivity index is 2.28. The summed E-state index contributed by atoms with van der Waals surface area (Å²) in [4.78, 5) is 2.40. The van der Waals surface area contributed by atoms with Gasteiger partial charge in [-0.3, -0.25) is 0 Å². The van der Waals surface area contributed by atoms with Crippen molar-refractivity contribution >= 4 is 10.9 Å². The van der Waals surface area contributed by atoms with Gasteiger partial charge in [-0.05, 0) is 37.2 Å². The van der Waals surface area contributed by atoms with Gasteiger partial charge < -0.3 is 14.6 Å². The second-order valence-electron chi connectivity index (χ2n) is 4.71. The number of aromatic nitrogens is 1. The third kappa shape index (κ3) is 2.36. The van der Waals surface area contributed by atoms with E-state index in [0.717, 1.165) is 37.0 Å². The molecular weight excluding hydrogens is 224 g/mol. The number of nitrogens with zero attached hydrogens (tertiary/aromatic N) is 2. The summed E-state index contributed by atoms with van der Waals surface area (Å²) in [6, 6.07) is 5.71. The average molecular weight is 246 g/mol. The highest BCUT2D eigenvalue weighted by Crippen LogP contribution is 2.29. The maximum Gasteiger partial charge on any atom is 0.125 e. The van der Waals surface area contributed by atoms with Gasteiger partial charge in [0.05, 0.1) is 5.52 Å². The normalized spacial score (nSPS) is 11.6. The molecule has 0 atom stereocenters. The van der Waals surface area contributed by atoms with Crippen molar-refractivity contribution in [3.05, 3.63) is 30.0 Å². The molecule has 0 saturated heterocycles. The summed E-state index contributed by atoms with van der Waals surface area (Å²) >= 11 is 0. The summed E-state index contributed by atoms with van der Waals surface area (Å²) in [5, 5.41) is 11.0. The summed E-state index contributed by atoms with van der Waals surface area (Å²) in [5.74, 6) is 0.391. The first-order valence-electron chi connectivity index (χ1n) is 6.65. The standard InChI is InChI=1S/C15H22N2O/c1-4-17(5-2)10-9-12-11-16(3)13-7-6-8-14(18)15(12)13/h6-8,11,18H,4-5,9-10H2,1-3H3.